The minimum atomic E-state index is -0.967. The predicted octanol–water partition coefficient (Wildman–Crippen LogP) is 1.48. The highest BCUT2D eigenvalue weighted by molar-refractivity contribution is 5.88. The molecule has 0 bridgehead atoms. The van der Waals surface area contributed by atoms with E-state index in [9.17, 15) is 9.59 Å². The fraction of sp³-hybridized carbons (Fsp3) is 0.286. The van der Waals surface area contributed by atoms with Crippen LogP contribution in [0, 0.1) is 13.8 Å². The van der Waals surface area contributed by atoms with E-state index in [1.54, 1.807) is 19.2 Å². The van der Waals surface area contributed by atoms with Crippen LogP contribution in [0.1, 0.15) is 17.7 Å². The Morgan fingerprint density at radius 1 is 1.32 bits per heavy atom. The minimum Gasteiger partial charge on any atom is -0.481 e. The number of carbonyl (C=O) groups excluding carboxylic acids is 1. The molecule has 0 aliphatic carbocycles. The molecule has 0 aromatic carbocycles. The molecule has 2 heterocycles. The zero-order chi connectivity index (χ0) is 16.1. The molecule has 0 saturated carbocycles. The number of urea groups is 1. The van der Waals surface area contributed by atoms with Gasteiger partial charge in [0, 0.05) is 18.8 Å². The number of aliphatic carboxylic acids is 1. The van der Waals surface area contributed by atoms with Crippen molar-refractivity contribution in [2.75, 3.05) is 11.9 Å². The van der Waals surface area contributed by atoms with E-state index in [1.807, 2.05) is 19.1 Å². The van der Waals surface area contributed by atoms with E-state index in [-0.39, 0.29) is 13.0 Å². The minimum absolute atomic E-state index is 0.0526. The normalized spacial score (nSPS) is 10.3. The number of hydrogen-bond acceptors (Lipinski definition) is 4. The lowest BCUT2D eigenvalue weighted by molar-refractivity contribution is -0.136. The van der Waals surface area contributed by atoms with Gasteiger partial charge in [0.15, 0.2) is 5.82 Å². The lowest BCUT2D eigenvalue weighted by Crippen LogP contribution is -2.31. The summed E-state index contributed by atoms with van der Waals surface area (Å²) in [5, 5.41) is 18.0. The number of pyridine rings is 1. The number of nitrogens with zero attached hydrogens (tertiary/aromatic N) is 3. The molecular formula is C14H17N5O3. The highest BCUT2D eigenvalue weighted by atomic mass is 16.4. The van der Waals surface area contributed by atoms with Crippen LogP contribution in [0.2, 0.25) is 0 Å². The maximum absolute atomic E-state index is 11.8. The highest BCUT2D eigenvalue weighted by Gasteiger charge is 2.11. The Bertz CT molecular complexity index is 696. The van der Waals surface area contributed by atoms with Crippen LogP contribution in [-0.4, -0.2) is 38.4 Å². The number of carboxylic acid groups (broad SMARTS) is 1. The molecule has 2 amide bonds. The SMILES string of the molecule is Cc1ccnc(-n2nc(C)cc2NC(=O)NCCC(=O)O)c1. The Labute approximate surface area is 127 Å². The van der Waals surface area contributed by atoms with E-state index in [1.165, 1.54) is 4.68 Å². The number of hydrogen-bond donors (Lipinski definition) is 3. The molecule has 0 aliphatic heterocycles. The van der Waals surface area contributed by atoms with Crippen molar-refractivity contribution in [3.05, 3.63) is 35.7 Å². The largest absolute Gasteiger partial charge is 0.481 e. The molecule has 0 unspecified atom stereocenters. The van der Waals surface area contributed by atoms with Crippen LogP contribution in [0.4, 0.5) is 10.6 Å². The van der Waals surface area contributed by atoms with Gasteiger partial charge in [0.05, 0.1) is 12.1 Å². The maximum atomic E-state index is 11.8. The van der Waals surface area contributed by atoms with Gasteiger partial charge in [-0.3, -0.25) is 10.1 Å². The Kier molecular flexibility index (Phi) is 4.72. The molecule has 8 heteroatoms. The van der Waals surface area contributed by atoms with E-state index < -0.39 is 12.0 Å². The molecule has 0 spiro atoms. The number of carboxylic acids is 1. The molecule has 2 rings (SSSR count). The Balaban J connectivity index is 2.12. The quantitative estimate of drug-likeness (QED) is 0.775. The fourth-order valence-corrected chi connectivity index (χ4v) is 1.84. The molecule has 2 aromatic rings. The molecule has 3 N–H and O–H groups in total. The fourth-order valence-electron chi connectivity index (χ4n) is 1.84. The summed E-state index contributed by atoms with van der Waals surface area (Å²) in [7, 11) is 0. The van der Waals surface area contributed by atoms with Crippen molar-refractivity contribution in [2.45, 2.75) is 20.3 Å². The van der Waals surface area contributed by atoms with Crippen LogP contribution in [0.5, 0.6) is 0 Å². The van der Waals surface area contributed by atoms with Gasteiger partial charge in [0.2, 0.25) is 0 Å². The number of rotatable bonds is 5. The molecule has 0 fully saturated rings. The van der Waals surface area contributed by atoms with Gasteiger partial charge in [-0.2, -0.15) is 9.78 Å². The topological polar surface area (TPSA) is 109 Å². The number of aryl methyl sites for hydroxylation is 2. The average Bonchev–Trinajstić information content (AvgIpc) is 2.79. The summed E-state index contributed by atoms with van der Waals surface area (Å²) in [4.78, 5) is 26.4. The smallest absolute Gasteiger partial charge is 0.320 e. The van der Waals surface area contributed by atoms with Crippen molar-refractivity contribution in [3.63, 3.8) is 0 Å². The number of aromatic nitrogens is 3. The third-order valence-corrected chi connectivity index (χ3v) is 2.82. The first kappa shape index (κ1) is 15.5. The number of carbonyl (C=O) groups is 2. The predicted molar refractivity (Wildman–Crippen MR) is 80.1 cm³/mol. The zero-order valence-electron chi connectivity index (χ0n) is 12.3. The van der Waals surface area contributed by atoms with Crippen LogP contribution in [0.25, 0.3) is 5.82 Å². The van der Waals surface area contributed by atoms with Crippen molar-refractivity contribution in [3.8, 4) is 5.82 Å². The summed E-state index contributed by atoms with van der Waals surface area (Å²) in [6, 6.07) is 4.93. The van der Waals surface area contributed by atoms with Crippen LogP contribution in [0.3, 0.4) is 0 Å². The first-order valence-corrected chi connectivity index (χ1v) is 6.72. The van der Waals surface area contributed by atoms with Crippen molar-refractivity contribution < 1.29 is 14.7 Å². The highest BCUT2D eigenvalue weighted by Crippen LogP contribution is 2.16. The summed E-state index contributed by atoms with van der Waals surface area (Å²) in [5.41, 5.74) is 1.75. The van der Waals surface area contributed by atoms with Gasteiger partial charge in [0.1, 0.15) is 5.82 Å². The van der Waals surface area contributed by atoms with Crippen LogP contribution in [-0.2, 0) is 4.79 Å². The van der Waals surface area contributed by atoms with Crippen LogP contribution < -0.4 is 10.6 Å². The third kappa shape index (κ3) is 4.05. The first-order valence-electron chi connectivity index (χ1n) is 6.72. The van der Waals surface area contributed by atoms with E-state index in [4.69, 9.17) is 5.11 Å². The standard InChI is InChI=1S/C14H17N5O3/c1-9-3-5-15-11(7-9)19-12(8-10(2)18-19)17-14(22)16-6-4-13(20)21/h3,5,7-8H,4,6H2,1-2H3,(H,20,21)(H2,16,17,22). The van der Waals surface area contributed by atoms with E-state index in [0.717, 1.165) is 11.3 Å². The van der Waals surface area contributed by atoms with Crippen molar-refractivity contribution in [2.24, 2.45) is 0 Å². The summed E-state index contributed by atoms with van der Waals surface area (Å²) < 4.78 is 1.53. The molecule has 0 saturated heterocycles. The molecule has 0 atom stereocenters. The Morgan fingerprint density at radius 3 is 2.77 bits per heavy atom. The van der Waals surface area contributed by atoms with Crippen molar-refractivity contribution in [1.82, 2.24) is 20.1 Å². The maximum Gasteiger partial charge on any atom is 0.320 e. The Hall–Kier alpha value is -2.90. The molecule has 0 radical (unpaired) electrons. The van der Waals surface area contributed by atoms with E-state index in [0.29, 0.717) is 11.6 Å². The second-order valence-electron chi connectivity index (χ2n) is 4.80. The van der Waals surface area contributed by atoms with Gasteiger partial charge in [-0.1, -0.05) is 0 Å². The molecule has 116 valence electrons. The van der Waals surface area contributed by atoms with Crippen molar-refractivity contribution >= 4 is 17.8 Å². The van der Waals surface area contributed by atoms with Gasteiger partial charge < -0.3 is 10.4 Å². The summed E-state index contributed by atoms with van der Waals surface area (Å²) in [5.74, 6) is 0.0857. The lowest BCUT2D eigenvalue weighted by atomic mass is 10.3. The molecular weight excluding hydrogens is 286 g/mol. The zero-order valence-corrected chi connectivity index (χ0v) is 12.3. The van der Waals surface area contributed by atoms with Crippen molar-refractivity contribution in [1.29, 1.82) is 0 Å². The van der Waals surface area contributed by atoms with Gasteiger partial charge in [-0.05, 0) is 31.5 Å². The number of nitrogens with one attached hydrogen (secondary N) is 2. The summed E-state index contributed by atoms with van der Waals surface area (Å²) >= 11 is 0. The second-order valence-corrected chi connectivity index (χ2v) is 4.80. The average molecular weight is 303 g/mol. The molecule has 8 nitrogen and oxygen atoms in total. The van der Waals surface area contributed by atoms with E-state index in [2.05, 4.69) is 20.7 Å². The number of amides is 2. The molecule has 22 heavy (non-hydrogen) atoms. The molecule has 0 aliphatic rings. The first-order chi connectivity index (χ1) is 10.5. The second kappa shape index (κ2) is 6.70. The van der Waals surface area contributed by atoms with E-state index >= 15 is 0 Å². The molecule has 2 aromatic heterocycles. The van der Waals surface area contributed by atoms with Gasteiger partial charge in [-0.25, -0.2) is 9.78 Å². The van der Waals surface area contributed by atoms with Gasteiger partial charge >= 0.3 is 12.0 Å². The third-order valence-electron chi connectivity index (χ3n) is 2.82. The Morgan fingerprint density at radius 2 is 2.09 bits per heavy atom. The van der Waals surface area contributed by atoms with Crippen LogP contribution in [0.15, 0.2) is 24.4 Å². The van der Waals surface area contributed by atoms with Gasteiger partial charge in [-0.15, -0.1) is 0 Å². The monoisotopic (exact) mass is 303 g/mol. The number of anilines is 1. The lowest BCUT2D eigenvalue weighted by Gasteiger charge is -2.09. The van der Waals surface area contributed by atoms with Crippen LogP contribution >= 0.6 is 0 Å². The summed E-state index contributed by atoms with van der Waals surface area (Å²) in [6.45, 7) is 3.80. The summed E-state index contributed by atoms with van der Waals surface area (Å²) in [6.07, 6.45) is 1.53. The van der Waals surface area contributed by atoms with Gasteiger partial charge in [0.25, 0.3) is 0 Å².